The minimum Gasteiger partial charge on any atom is -0.571 e. The van der Waals surface area contributed by atoms with Gasteiger partial charge in [-0.05, 0) is 242 Å². The van der Waals surface area contributed by atoms with E-state index in [-0.39, 0.29) is 102 Å². The molecule has 7 heterocycles. The summed E-state index contributed by atoms with van der Waals surface area (Å²) in [7, 11) is -9.28. The molecule has 0 amide bonds. The van der Waals surface area contributed by atoms with E-state index in [0.717, 1.165) is 179 Å². The standard InChI is InChI=1S/2C26H26ClF3N2O4S2.C13H9ClF3NO4S2.C13H20N2O.C7H6Cl2O2S.C6H7NO2S.C2H3N.Na/c2*1-15-12-16(2)24(32-7-9-36-10-8-32)17(3)19(15)14-22(33)25-21(6-11-37-25)31-38(34,35)23-5-4-18(13-20(23)27)26(28,29)30;1-22-12(19)11-9(4-5-23-11)18-24(20,21)10-3-2-7(6-8(10)14)13(15,16)17;1-9-8-10(2)13(11(3)12(9)14)15-4-6-16-7-5-15;1-5-2-3-7(6(8)4-5)12(9,10)11;1-9-6(8)5-4(7)2-3-10-5;1-2-3;/h4-6,11-13H,7-10,14H2,1-3H3,(H,31,33);4-6,11-13,31H,7-10,14H2,1-3H3;2-6,18H,1H3;8H,4-7,14H2,1-3H3;2-4H,1H3;2-3H,7H2,1H3;1H3;/q;;;;;;;+1/p-1. The number of morpholine rings is 3. The molecule has 142 heavy (non-hydrogen) atoms. The van der Waals surface area contributed by atoms with Gasteiger partial charge in [0.2, 0.25) is 0 Å². The molecule has 0 atom stereocenters. The molecule has 3 saturated heterocycles. The van der Waals surface area contributed by atoms with Gasteiger partial charge in [0, 0.05) is 92.5 Å². The quantitative estimate of drug-likeness (QED) is 0.0130. The molecular weight excluding hydrogens is 2140 g/mol. The van der Waals surface area contributed by atoms with Crippen molar-refractivity contribution in [2.45, 2.75) is 127 Å². The number of anilines is 7. The molecule has 3 fully saturated rings. The van der Waals surface area contributed by atoms with Gasteiger partial charge in [-0.1, -0.05) is 76.7 Å². The molecule has 4 aromatic heterocycles. The number of hydrogen-bond acceptors (Lipinski definition) is 27. The number of alkyl halides is 9. The van der Waals surface area contributed by atoms with Gasteiger partial charge in [-0.15, -0.1) is 51.0 Å². The number of aryl methyl sites for hydroxylation is 7. The third kappa shape index (κ3) is 31.8. The van der Waals surface area contributed by atoms with Crippen LogP contribution in [0, 0.1) is 80.6 Å². The first-order chi connectivity index (χ1) is 65.8. The number of Topliss-reactive ketones (excluding diaryl/α,β-unsaturated/α-hetero) is 2. The topological polar surface area (TPSA) is 375 Å². The number of ketones is 2. The van der Waals surface area contributed by atoms with Gasteiger partial charge in [0.1, 0.15) is 34.5 Å². The number of thiophene rings is 4. The molecule has 3 aliphatic heterocycles. The summed E-state index contributed by atoms with van der Waals surface area (Å²) in [5.41, 5.74) is 25.5. The molecule has 0 spiro atoms. The number of nitriles is 1. The molecule has 7 aromatic carbocycles. The van der Waals surface area contributed by atoms with Crippen molar-refractivity contribution >= 4 is 211 Å². The van der Waals surface area contributed by atoms with Crippen LogP contribution < -0.4 is 65.2 Å². The van der Waals surface area contributed by atoms with E-state index in [1.165, 1.54) is 77.4 Å². The first-order valence-corrected chi connectivity index (χ1v) is 53.6. The zero-order valence-corrected chi connectivity index (χ0v) is 90.9. The number of nitrogens with one attached hydrogen (secondary N) is 2. The SMILES string of the molecule is CC#N.COC(=O)c1sccc1N.COC(=O)c1sccc1NS(=O)(=O)c1ccc(C(F)(F)F)cc1Cl.Cc1cc(C)c(N2CCOCC2)c(C)c1CC(=O)c1sccc1NS(=O)(=O)c1ccc(C(F)(F)F)cc1Cl.Cc1cc(C)c(N2CCOCC2)c(C)c1CC(=O)c1sccc1[N-]S(=O)(=O)c1ccc(C(F)(F)F)cc1Cl.Cc1cc(C)c(N2CCOCC2)c(C)c1N.Cc1ccc(S(=O)(=O)Cl)c(Cl)c1.[Na+]. The number of nitrogens with zero attached hydrogens (tertiary/aromatic N) is 5. The minimum atomic E-state index is -4.68. The number of carbonyl (C=O) groups is 4. The molecule has 49 heteroatoms. The van der Waals surface area contributed by atoms with Crippen molar-refractivity contribution in [3.63, 3.8) is 0 Å². The van der Waals surface area contributed by atoms with Gasteiger partial charge in [0.05, 0.1) is 128 Å². The Morgan fingerprint density at radius 3 is 1.13 bits per heavy atom. The summed E-state index contributed by atoms with van der Waals surface area (Å²) in [6.45, 7) is 30.5. The molecule has 6 N–H and O–H groups in total. The summed E-state index contributed by atoms with van der Waals surface area (Å²) in [6.07, 6.45) is -13.9. The Bertz CT molecular complexity index is 6710. The first kappa shape index (κ1) is 120. The van der Waals surface area contributed by atoms with E-state index in [4.69, 9.17) is 88.0 Å². The van der Waals surface area contributed by atoms with Gasteiger partial charge in [-0.2, -0.15) is 44.8 Å². The second-order valence-electron chi connectivity index (χ2n) is 31.3. The number of benzene rings is 7. The maximum absolute atomic E-state index is 13.4. The van der Waals surface area contributed by atoms with E-state index in [2.05, 4.69) is 65.2 Å². The number of ether oxygens (including phenoxy) is 5. The van der Waals surface area contributed by atoms with Crippen LogP contribution in [-0.2, 0) is 94.2 Å². The van der Waals surface area contributed by atoms with Crippen molar-refractivity contribution in [1.29, 1.82) is 5.26 Å². The van der Waals surface area contributed by atoms with Gasteiger partial charge >= 0.3 is 60.0 Å². The van der Waals surface area contributed by atoms with E-state index < -0.39 is 110 Å². The zero-order chi connectivity index (χ0) is 105. The Hall–Kier alpha value is -8.99. The van der Waals surface area contributed by atoms with Crippen molar-refractivity contribution in [3.05, 3.63) is 265 Å². The molecular formula is C93H96Cl5F9N9NaO17S8. The predicted octanol–water partition coefficient (Wildman–Crippen LogP) is 20.7. The predicted molar refractivity (Wildman–Crippen MR) is 538 cm³/mol. The fourth-order valence-electron chi connectivity index (χ4n) is 14.9. The maximum Gasteiger partial charge on any atom is 1.00 e. The number of halogens is 14. The molecule has 0 aliphatic carbocycles. The number of sulfonamides is 3. The van der Waals surface area contributed by atoms with Crippen LogP contribution in [0.25, 0.3) is 4.72 Å². The van der Waals surface area contributed by atoms with Crippen molar-refractivity contribution in [2.24, 2.45) is 0 Å². The average Bonchev–Trinajstić information content (AvgIpc) is 1.64. The maximum atomic E-state index is 13.4. The summed E-state index contributed by atoms with van der Waals surface area (Å²) in [5, 5.41) is 12.0. The summed E-state index contributed by atoms with van der Waals surface area (Å²) >= 11 is 27.5. The molecule has 26 nitrogen and oxygen atoms in total. The number of nitrogen functional groups attached to an aromatic ring is 2. The smallest absolute Gasteiger partial charge is 0.571 e. The summed E-state index contributed by atoms with van der Waals surface area (Å²) < 4.78 is 247. The van der Waals surface area contributed by atoms with Crippen LogP contribution in [-0.4, -0.2) is 150 Å². The van der Waals surface area contributed by atoms with E-state index >= 15 is 0 Å². The number of rotatable bonds is 21. The van der Waals surface area contributed by atoms with Crippen LogP contribution in [0.5, 0.6) is 0 Å². The third-order valence-corrected chi connectivity index (χ3v) is 32.4. The van der Waals surface area contributed by atoms with E-state index in [1.54, 1.807) is 40.4 Å². The molecule has 11 aromatic rings. The molecule has 3 aliphatic rings. The van der Waals surface area contributed by atoms with Gasteiger partial charge < -0.3 is 54.6 Å². The van der Waals surface area contributed by atoms with Crippen LogP contribution in [0.15, 0.2) is 156 Å². The van der Waals surface area contributed by atoms with E-state index in [0.29, 0.717) is 73.4 Å². The van der Waals surface area contributed by atoms with Crippen LogP contribution in [0.1, 0.15) is 129 Å². The van der Waals surface area contributed by atoms with Gasteiger partial charge in [0.25, 0.3) is 29.1 Å². The summed E-state index contributed by atoms with van der Waals surface area (Å²) in [5.74, 6) is -1.71. The summed E-state index contributed by atoms with van der Waals surface area (Å²) in [4.78, 5) is 55.2. The van der Waals surface area contributed by atoms with Crippen LogP contribution in [0.2, 0.25) is 20.1 Å². The molecule has 0 bridgehead atoms. The van der Waals surface area contributed by atoms with Crippen molar-refractivity contribution in [2.75, 3.05) is 129 Å². The van der Waals surface area contributed by atoms with E-state index in [1.807, 2.05) is 60.6 Å². The summed E-state index contributed by atoms with van der Waals surface area (Å²) in [6, 6.07) is 24.2. The molecule has 0 radical (unpaired) electrons. The Morgan fingerprint density at radius 1 is 0.444 bits per heavy atom. The van der Waals surface area contributed by atoms with Gasteiger partial charge in [-0.3, -0.25) is 19.0 Å². The van der Waals surface area contributed by atoms with Crippen molar-refractivity contribution in [1.82, 2.24) is 0 Å². The number of hydrogen-bond donors (Lipinski definition) is 4. The number of nitrogens with two attached hydrogens (primary N) is 2. The minimum absolute atomic E-state index is 0. The molecule has 762 valence electrons. The van der Waals surface area contributed by atoms with Crippen LogP contribution in [0.3, 0.4) is 0 Å². The zero-order valence-electron chi connectivity index (χ0n) is 78.6. The Morgan fingerprint density at radius 2 is 0.768 bits per heavy atom. The molecule has 0 unspecified atom stereocenters. The van der Waals surface area contributed by atoms with Crippen molar-refractivity contribution in [3.8, 4) is 6.07 Å². The monoisotopic (exact) mass is 2240 g/mol. The van der Waals surface area contributed by atoms with Crippen LogP contribution in [0.4, 0.5) is 85.0 Å². The second kappa shape index (κ2) is 51.9. The third-order valence-electron chi connectivity index (χ3n) is 21.4. The number of methoxy groups -OCH3 is 2. The Labute approximate surface area is 879 Å². The van der Waals surface area contributed by atoms with Gasteiger partial charge in [-0.25, -0.2) is 43.3 Å². The molecule has 14 rings (SSSR count). The number of esters is 2. The number of carbonyl (C=O) groups excluding carboxylic acids is 4. The van der Waals surface area contributed by atoms with E-state index in [9.17, 15) is 92.4 Å². The van der Waals surface area contributed by atoms with Crippen LogP contribution >= 0.6 is 102 Å². The van der Waals surface area contributed by atoms with Gasteiger partial charge in [0.15, 0.2) is 11.6 Å². The Kier molecular flexibility index (Phi) is 43.8. The van der Waals surface area contributed by atoms with Crippen molar-refractivity contribution < 1.29 is 146 Å². The fraction of sp³-hybridized carbons (Fsp3) is 0.323. The second-order valence-corrected chi connectivity index (χ2v) is 44.0. The largest absolute Gasteiger partial charge is 1.00 e. The Balaban J connectivity index is 0.000000244. The normalized spacial score (nSPS) is 13.4. The molecule has 0 saturated carbocycles. The average molecular weight is 2240 g/mol. The first-order valence-electron chi connectivity index (χ1n) is 41.8. The fourth-order valence-corrected chi connectivity index (χ4v) is 24.5.